The van der Waals surface area contributed by atoms with Gasteiger partial charge in [0, 0.05) is 6.89 Å². The lowest BCUT2D eigenvalue weighted by atomic mass is 10.4. The number of hydrogen-bond donors (Lipinski definition) is 0. The lowest BCUT2D eigenvalue weighted by Crippen LogP contribution is -2.24. The van der Waals surface area contributed by atoms with Crippen molar-refractivity contribution in [3.63, 3.8) is 0 Å². The summed E-state index contributed by atoms with van der Waals surface area (Å²) in [5.41, 5.74) is 1.94. The van der Waals surface area contributed by atoms with Gasteiger partial charge in [-0.15, -0.1) is 0 Å². The van der Waals surface area contributed by atoms with Crippen molar-refractivity contribution in [1.82, 2.24) is 0 Å². The van der Waals surface area contributed by atoms with E-state index in [4.69, 9.17) is 8.83 Å². The standard InChI is InChI=1S/C16H15O2P/c1-2-19(15-10-6-12-17-15,16-11-7-13-18-16)14-8-4-3-5-9-14/h2-13H,1H3. The van der Waals surface area contributed by atoms with Crippen LogP contribution in [0.15, 0.2) is 76.0 Å². The van der Waals surface area contributed by atoms with Crippen LogP contribution in [0.3, 0.4) is 0 Å². The van der Waals surface area contributed by atoms with E-state index in [-0.39, 0.29) is 0 Å². The smallest absolute Gasteiger partial charge is 0.136 e. The fourth-order valence-electron chi connectivity index (χ4n) is 2.37. The van der Waals surface area contributed by atoms with E-state index in [9.17, 15) is 0 Å². The second-order valence-electron chi connectivity index (χ2n) is 4.22. The molecule has 0 amide bonds. The summed E-state index contributed by atoms with van der Waals surface area (Å²) in [7, 11) is 0. The maximum atomic E-state index is 5.73. The highest BCUT2D eigenvalue weighted by atomic mass is 31.2. The molecule has 0 atom stereocenters. The van der Waals surface area contributed by atoms with Crippen molar-refractivity contribution in [2.45, 2.75) is 6.92 Å². The van der Waals surface area contributed by atoms with Crippen molar-refractivity contribution in [3.05, 3.63) is 67.1 Å². The average Bonchev–Trinajstić information content (AvgIpc) is 3.15. The Kier molecular flexibility index (Phi) is 3.18. The molecule has 2 aromatic heterocycles. The van der Waals surface area contributed by atoms with Crippen LogP contribution in [0.4, 0.5) is 0 Å². The molecule has 3 aromatic rings. The van der Waals surface area contributed by atoms with Crippen molar-refractivity contribution in [3.8, 4) is 0 Å². The van der Waals surface area contributed by atoms with E-state index >= 15 is 0 Å². The predicted octanol–water partition coefficient (Wildman–Crippen LogP) is 2.99. The predicted molar refractivity (Wildman–Crippen MR) is 81.4 cm³/mol. The first kappa shape index (κ1) is 12.1. The molecule has 3 rings (SSSR count). The summed E-state index contributed by atoms with van der Waals surface area (Å²) in [6.45, 7) is 0.178. The van der Waals surface area contributed by atoms with Gasteiger partial charge in [-0.05, 0) is 36.5 Å². The summed E-state index contributed by atoms with van der Waals surface area (Å²) >= 11 is 0. The summed E-state index contributed by atoms with van der Waals surface area (Å²) in [6.07, 6.45) is 3.44. The molecule has 19 heavy (non-hydrogen) atoms. The number of hydrogen-bond acceptors (Lipinski definition) is 2. The van der Waals surface area contributed by atoms with Gasteiger partial charge in [-0.2, -0.15) is 0 Å². The Morgan fingerprint density at radius 3 is 1.79 bits per heavy atom. The van der Waals surface area contributed by atoms with Crippen LogP contribution in [0.25, 0.3) is 0 Å². The van der Waals surface area contributed by atoms with Crippen molar-refractivity contribution < 1.29 is 8.83 Å². The molecule has 0 N–H and O–H groups in total. The van der Waals surface area contributed by atoms with Gasteiger partial charge in [0.2, 0.25) is 0 Å². The van der Waals surface area contributed by atoms with Crippen molar-refractivity contribution in [2.24, 2.45) is 0 Å². The maximum Gasteiger partial charge on any atom is 0.136 e. The molecule has 0 aliphatic carbocycles. The number of rotatable bonds is 3. The van der Waals surface area contributed by atoms with Gasteiger partial charge in [-0.1, -0.05) is 36.1 Å². The molecule has 0 saturated carbocycles. The summed E-state index contributed by atoms with van der Waals surface area (Å²) in [5, 5.41) is 1.24. The van der Waals surface area contributed by atoms with Gasteiger partial charge in [-0.25, -0.2) is 0 Å². The molecule has 0 aliphatic heterocycles. The van der Waals surface area contributed by atoms with Crippen LogP contribution < -0.4 is 16.3 Å². The minimum atomic E-state index is -1.90. The zero-order chi connectivity index (χ0) is 13.1. The van der Waals surface area contributed by atoms with Gasteiger partial charge in [0.25, 0.3) is 0 Å². The van der Waals surface area contributed by atoms with E-state index in [2.05, 4.69) is 37.0 Å². The Bertz CT molecular complexity index is 641. The van der Waals surface area contributed by atoms with Crippen LogP contribution in [0, 0.1) is 0 Å². The van der Waals surface area contributed by atoms with Crippen LogP contribution in [0.2, 0.25) is 0 Å². The van der Waals surface area contributed by atoms with Crippen molar-refractivity contribution in [1.29, 1.82) is 0 Å². The molecule has 0 fully saturated rings. The molecule has 2 nitrogen and oxygen atoms in total. The third kappa shape index (κ3) is 1.89. The molecule has 0 saturated heterocycles. The van der Waals surface area contributed by atoms with Crippen LogP contribution in [-0.2, 0) is 0 Å². The Balaban J connectivity index is 2.34. The molecule has 1 aromatic carbocycles. The van der Waals surface area contributed by atoms with Crippen LogP contribution in [-0.4, -0.2) is 5.80 Å². The SMILES string of the molecule is CC=P(c1ccccc1)(c1ccco1)c1ccco1. The van der Waals surface area contributed by atoms with Crippen molar-refractivity contribution >= 4 is 29.0 Å². The Hall–Kier alpha value is -1.92. The quantitative estimate of drug-likeness (QED) is 0.684. The van der Waals surface area contributed by atoms with Gasteiger partial charge in [0.1, 0.15) is 11.0 Å². The molecule has 3 heteroatoms. The average molecular weight is 270 g/mol. The summed E-state index contributed by atoms with van der Waals surface area (Å²) < 4.78 is 11.5. The van der Waals surface area contributed by atoms with Crippen LogP contribution in [0.1, 0.15) is 6.92 Å². The zero-order valence-electron chi connectivity index (χ0n) is 10.7. The van der Waals surface area contributed by atoms with E-state index in [0.717, 1.165) is 11.0 Å². The maximum absolute atomic E-state index is 5.73. The second-order valence-corrected chi connectivity index (χ2v) is 7.58. The van der Waals surface area contributed by atoms with E-state index < -0.39 is 6.89 Å². The molecule has 2 heterocycles. The minimum absolute atomic E-state index is 0.969. The highest BCUT2D eigenvalue weighted by molar-refractivity contribution is 7.93. The first-order valence-electron chi connectivity index (χ1n) is 6.21. The third-order valence-corrected chi connectivity index (χ3v) is 7.05. The fourth-order valence-corrected chi connectivity index (χ4v) is 5.64. The fraction of sp³-hybridized carbons (Fsp3) is 0.0625. The zero-order valence-corrected chi connectivity index (χ0v) is 11.6. The molecule has 0 spiro atoms. The third-order valence-electron chi connectivity index (χ3n) is 3.26. The molecular formula is C16H15O2P. The first-order valence-corrected chi connectivity index (χ1v) is 8.07. The Morgan fingerprint density at radius 2 is 1.37 bits per heavy atom. The van der Waals surface area contributed by atoms with E-state index in [0.29, 0.717) is 0 Å². The molecule has 0 aliphatic rings. The van der Waals surface area contributed by atoms with Gasteiger partial charge in [-0.3, -0.25) is 0 Å². The Labute approximate surface area is 112 Å². The van der Waals surface area contributed by atoms with E-state index in [1.165, 1.54) is 5.30 Å². The van der Waals surface area contributed by atoms with Gasteiger partial charge < -0.3 is 8.83 Å². The molecule has 0 bridgehead atoms. The summed E-state index contributed by atoms with van der Waals surface area (Å²) in [4.78, 5) is 0. The lowest BCUT2D eigenvalue weighted by molar-refractivity contribution is 0.593. The van der Waals surface area contributed by atoms with E-state index in [1.54, 1.807) is 12.5 Å². The lowest BCUT2D eigenvalue weighted by Gasteiger charge is -2.21. The largest absolute Gasteiger partial charge is 0.464 e. The van der Waals surface area contributed by atoms with E-state index in [1.807, 2.05) is 30.3 Å². The first-order chi connectivity index (χ1) is 9.38. The number of benzene rings is 1. The van der Waals surface area contributed by atoms with Gasteiger partial charge >= 0.3 is 0 Å². The molecular weight excluding hydrogens is 255 g/mol. The monoisotopic (exact) mass is 270 g/mol. The molecule has 96 valence electrons. The van der Waals surface area contributed by atoms with Crippen LogP contribution in [0.5, 0.6) is 0 Å². The molecule has 0 radical (unpaired) electrons. The molecule has 0 unspecified atom stereocenters. The van der Waals surface area contributed by atoms with Crippen molar-refractivity contribution in [2.75, 3.05) is 0 Å². The highest BCUT2D eigenvalue weighted by Crippen LogP contribution is 2.43. The second kappa shape index (κ2) is 4.99. The minimum Gasteiger partial charge on any atom is -0.464 e. The highest BCUT2D eigenvalue weighted by Gasteiger charge is 2.29. The van der Waals surface area contributed by atoms with Crippen LogP contribution >= 0.6 is 6.89 Å². The normalized spacial score (nSPS) is 11.4. The number of furan rings is 2. The Morgan fingerprint density at radius 1 is 0.789 bits per heavy atom. The van der Waals surface area contributed by atoms with Gasteiger partial charge in [0.15, 0.2) is 0 Å². The summed E-state index contributed by atoms with van der Waals surface area (Å²) in [6, 6.07) is 18.3. The van der Waals surface area contributed by atoms with Gasteiger partial charge in [0.05, 0.1) is 12.5 Å². The topological polar surface area (TPSA) is 26.3 Å². The summed E-state index contributed by atoms with van der Waals surface area (Å²) in [5.74, 6) is 2.22.